The van der Waals surface area contributed by atoms with E-state index in [1.165, 1.54) is 0 Å². The average Bonchev–Trinajstić information content (AvgIpc) is 2.93. The molecule has 2 atom stereocenters. The standard InChI is InChI=1S/C30H34ClN3O3/c1-22(35)34-19-17-33(18-20-34)16-15-29(36)28(21-23-7-13-27(31)14-8-23)32-30(37)26-11-9-25(10-12-26)24-5-3-2-4-6-24/h2-14,28-29,36H,15-21H2,1H3,(H,32,37)/t28-,29?/m0/s1. The number of aliphatic hydroxyl groups excluding tert-OH is 1. The van der Waals surface area contributed by atoms with Gasteiger partial charge in [-0.2, -0.15) is 0 Å². The van der Waals surface area contributed by atoms with E-state index in [4.69, 9.17) is 11.6 Å². The molecule has 194 valence electrons. The van der Waals surface area contributed by atoms with Crippen molar-refractivity contribution < 1.29 is 14.7 Å². The quantitative estimate of drug-likeness (QED) is 0.443. The first kappa shape index (κ1) is 26.9. The Hall–Kier alpha value is -3.19. The Morgan fingerprint density at radius 2 is 1.51 bits per heavy atom. The van der Waals surface area contributed by atoms with E-state index in [9.17, 15) is 14.7 Å². The normalized spacial score (nSPS) is 15.7. The maximum Gasteiger partial charge on any atom is 0.251 e. The van der Waals surface area contributed by atoms with Crippen molar-refractivity contribution in [3.8, 4) is 11.1 Å². The number of hydrogen-bond donors (Lipinski definition) is 2. The number of piperazine rings is 1. The van der Waals surface area contributed by atoms with E-state index >= 15 is 0 Å². The molecule has 0 spiro atoms. The molecule has 4 rings (SSSR count). The van der Waals surface area contributed by atoms with E-state index in [0.717, 1.165) is 29.8 Å². The summed E-state index contributed by atoms with van der Waals surface area (Å²) in [5.41, 5.74) is 3.67. The molecule has 2 N–H and O–H groups in total. The summed E-state index contributed by atoms with van der Waals surface area (Å²) in [6.07, 6.45) is 0.282. The van der Waals surface area contributed by atoms with Crippen molar-refractivity contribution in [2.45, 2.75) is 31.9 Å². The van der Waals surface area contributed by atoms with Gasteiger partial charge in [-0.15, -0.1) is 0 Å². The van der Waals surface area contributed by atoms with E-state index in [2.05, 4.69) is 10.2 Å². The fourth-order valence-electron chi connectivity index (χ4n) is 4.66. The largest absolute Gasteiger partial charge is 0.391 e. The third-order valence-corrected chi connectivity index (χ3v) is 7.21. The second-order valence-electron chi connectivity index (χ2n) is 9.56. The zero-order chi connectivity index (χ0) is 26.2. The number of carbonyl (C=O) groups is 2. The van der Waals surface area contributed by atoms with Crippen LogP contribution in [0.15, 0.2) is 78.9 Å². The third-order valence-electron chi connectivity index (χ3n) is 6.96. The van der Waals surface area contributed by atoms with Gasteiger partial charge in [0.1, 0.15) is 0 Å². The van der Waals surface area contributed by atoms with Gasteiger partial charge >= 0.3 is 0 Å². The number of hydrogen-bond acceptors (Lipinski definition) is 4. The lowest BCUT2D eigenvalue weighted by Gasteiger charge is -2.35. The van der Waals surface area contributed by atoms with Crippen LogP contribution in [0.2, 0.25) is 5.02 Å². The minimum Gasteiger partial charge on any atom is -0.391 e. The summed E-state index contributed by atoms with van der Waals surface area (Å²) >= 11 is 6.05. The van der Waals surface area contributed by atoms with Crippen LogP contribution in [0, 0.1) is 0 Å². The van der Waals surface area contributed by atoms with Gasteiger partial charge in [-0.3, -0.25) is 14.5 Å². The van der Waals surface area contributed by atoms with Gasteiger partial charge in [0, 0.05) is 50.2 Å². The number of nitrogens with zero attached hydrogens (tertiary/aromatic N) is 2. The van der Waals surface area contributed by atoms with Crippen LogP contribution in [0.25, 0.3) is 11.1 Å². The Morgan fingerprint density at radius 3 is 2.14 bits per heavy atom. The number of aliphatic hydroxyl groups is 1. The monoisotopic (exact) mass is 519 g/mol. The summed E-state index contributed by atoms with van der Waals surface area (Å²) in [7, 11) is 0. The summed E-state index contributed by atoms with van der Waals surface area (Å²) in [6.45, 7) is 5.28. The lowest BCUT2D eigenvalue weighted by molar-refractivity contribution is -0.130. The van der Waals surface area contributed by atoms with Crippen LogP contribution >= 0.6 is 11.6 Å². The molecule has 37 heavy (non-hydrogen) atoms. The average molecular weight is 520 g/mol. The molecule has 7 heteroatoms. The number of amides is 2. The molecular weight excluding hydrogens is 486 g/mol. The molecule has 1 saturated heterocycles. The lowest BCUT2D eigenvalue weighted by Crippen LogP contribution is -2.50. The minimum atomic E-state index is -0.728. The van der Waals surface area contributed by atoms with E-state index in [0.29, 0.717) is 43.1 Å². The molecule has 1 aliphatic heterocycles. The van der Waals surface area contributed by atoms with Crippen LogP contribution in [-0.2, 0) is 11.2 Å². The van der Waals surface area contributed by atoms with Crippen molar-refractivity contribution in [1.82, 2.24) is 15.1 Å². The zero-order valence-corrected chi connectivity index (χ0v) is 21.9. The molecule has 0 aliphatic carbocycles. The predicted molar refractivity (Wildman–Crippen MR) is 148 cm³/mol. The molecule has 1 unspecified atom stereocenters. The fraction of sp³-hybridized carbons (Fsp3) is 0.333. The van der Waals surface area contributed by atoms with Gasteiger partial charge in [-0.25, -0.2) is 0 Å². The van der Waals surface area contributed by atoms with Gasteiger partial charge in [0.05, 0.1) is 12.1 Å². The van der Waals surface area contributed by atoms with Crippen molar-refractivity contribution in [2.24, 2.45) is 0 Å². The van der Waals surface area contributed by atoms with Gasteiger partial charge in [0.2, 0.25) is 5.91 Å². The second-order valence-corrected chi connectivity index (χ2v) is 9.99. The summed E-state index contributed by atoms with van der Waals surface area (Å²) in [5.74, 6) is -0.116. The molecule has 0 saturated carbocycles. The maximum absolute atomic E-state index is 13.2. The summed E-state index contributed by atoms with van der Waals surface area (Å²) in [6, 6.07) is 24.6. The first-order chi connectivity index (χ1) is 17.9. The Balaban J connectivity index is 1.40. The SMILES string of the molecule is CC(=O)N1CCN(CCC(O)[C@H](Cc2ccc(Cl)cc2)NC(=O)c2ccc(-c3ccccc3)cc2)CC1. The van der Waals surface area contributed by atoms with Gasteiger partial charge in [0.15, 0.2) is 0 Å². The number of benzene rings is 3. The molecule has 1 fully saturated rings. The van der Waals surface area contributed by atoms with Crippen LogP contribution in [0.5, 0.6) is 0 Å². The van der Waals surface area contributed by atoms with Crippen molar-refractivity contribution in [3.63, 3.8) is 0 Å². The molecule has 3 aromatic carbocycles. The first-order valence-corrected chi connectivity index (χ1v) is 13.1. The highest BCUT2D eigenvalue weighted by Crippen LogP contribution is 2.20. The Kier molecular flexibility index (Phi) is 9.34. The summed E-state index contributed by atoms with van der Waals surface area (Å²) in [4.78, 5) is 28.9. The Morgan fingerprint density at radius 1 is 0.892 bits per heavy atom. The third kappa shape index (κ3) is 7.65. The second kappa shape index (κ2) is 12.9. The van der Waals surface area contributed by atoms with Crippen molar-refractivity contribution in [2.75, 3.05) is 32.7 Å². The molecule has 1 heterocycles. The topological polar surface area (TPSA) is 72.9 Å². The number of rotatable bonds is 9. The minimum absolute atomic E-state index is 0.0993. The number of carbonyl (C=O) groups excluding carboxylic acids is 2. The summed E-state index contributed by atoms with van der Waals surface area (Å²) in [5, 5.41) is 14.9. The zero-order valence-electron chi connectivity index (χ0n) is 21.1. The van der Waals surface area contributed by atoms with Gasteiger partial charge in [0.25, 0.3) is 5.91 Å². The van der Waals surface area contributed by atoms with E-state index in [1.807, 2.05) is 83.8 Å². The molecule has 1 aliphatic rings. The van der Waals surface area contributed by atoms with Crippen LogP contribution in [0.3, 0.4) is 0 Å². The number of nitrogens with one attached hydrogen (secondary N) is 1. The highest BCUT2D eigenvalue weighted by molar-refractivity contribution is 6.30. The molecule has 3 aromatic rings. The molecular formula is C30H34ClN3O3. The van der Waals surface area contributed by atoms with Crippen LogP contribution in [-0.4, -0.2) is 71.6 Å². The van der Waals surface area contributed by atoms with Crippen molar-refractivity contribution >= 4 is 23.4 Å². The smallest absolute Gasteiger partial charge is 0.251 e. The fourth-order valence-corrected chi connectivity index (χ4v) is 4.78. The maximum atomic E-state index is 13.2. The van der Waals surface area contributed by atoms with Crippen molar-refractivity contribution in [1.29, 1.82) is 0 Å². The molecule has 0 aromatic heterocycles. The molecule has 6 nitrogen and oxygen atoms in total. The van der Waals surface area contributed by atoms with E-state index in [-0.39, 0.29) is 11.8 Å². The van der Waals surface area contributed by atoms with E-state index in [1.54, 1.807) is 6.92 Å². The molecule has 0 bridgehead atoms. The Bertz CT molecular complexity index is 1160. The highest BCUT2D eigenvalue weighted by Gasteiger charge is 2.25. The van der Waals surface area contributed by atoms with Crippen LogP contribution in [0.1, 0.15) is 29.3 Å². The van der Waals surface area contributed by atoms with Crippen molar-refractivity contribution in [3.05, 3.63) is 95.0 Å². The highest BCUT2D eigenvalue weighted by atomic mass is 35.5. The van der Waals surface area contributed by atoms with Gasteiger partial charge < -0.3 is 15.3 Å². The molecule has 0 radical (unpaired) electrons. The van der Waals surface area contributed by atoms with Crippen LogP contribution < -0.4 is 5.32 Å². The predicted octanol–water partition coefficient (Wildman–Crippen LogP) is 4.26. The summed E-state index contributed by atoms with van der Waals surface area (Å²) < 4.78 is 0. The van der Waals surface area contributed by atoms with Gasteiger partial charge in [-0.05, 0) is 53.8 Å². The van der Waals surface area contributed by atoms with Crippen LogP contribution in [0.4, 0.5) is 0 Å². The first-order valence-electron chi connectivity index (χ1n) is 12.8. The Labute approximate surface area is 223 Å². The lowest BCUT2D eigenvalue weighted by atomic mass is 9.98. The van der Waals surface area contributed by atoms with E-state index < -0.39 is 12.1 Å². The molecule has 2 amide bonds. The number of halogens is 1. The van der Waals surface area contributed by atoms with Gasteiger partial charge in [-0.1, -0.05) is 66.2 Å².